The molecule has 0 amide bonds. The zero-order valence-corrected chi connectivity index (χ0v) is 10.1. The first kappa shape index (κ1) is 15.5. The molecule has 0 unspecified atom stereocenters. The van der Waals surface area contributed by atoms with Crippen molar-refractivity contribution in [2.75, 3.05) is 27.2 Å². The normalized spacial score (nSPS) is 10.7. The summed E-state index contributed by atoms with van der Waals surface area (Å²) in [6, 6.07) is 0. The van der Waals surface area contributed by atoms with Gasteiger partial charge in [0.05, 0.1) is 27.2 Å². The average Bonchev–Trinajstić information content (AvgIpc) is 2.01. The van der Waals surface area contributed by atoms with E-state index < -0.39 is 0 Å². The summed E-state index contributed by atoms with van der Waals surface area (Å²) >= 11 is 0. The van der Waals surface area contributed by atoms with Crippen molar-refractivity contribution in [2.45, 2.75) is 32.6 Å². The van der Waals surface area contributed by atoms with Crippen molar-refractivity contribution in [3.63, 3.8) is 0 Å². The van der Waals surface area contributed by atoms with Crippen LogP contribution >= 0.6 is 0 Å². The molecule has 0 radical (unpaired) electrons. The molecule has 0 fully saturated rings. The molecule has 0 aromatic heterocycles. The van der Waals surface area contributed by atoms with Crippen molar-refractivity contribution in [3.05, 3.63) is 12.7 Å². The van der Waals surface area contributed by atoms with E-state index in [1.807, 2.05) is 6.08 Å². The Kier molecular flexibility index (Phi) is 10.2. The van der Waals surface area contributed by atoms with Crippen LogP contribution in [0.15, 0.2) is 12.7 Å². The molecule has 0 aliphatic rings. The summed E-state index contributed by atoms with van der Waals surface area (Å²) < 4.78 is 1.14. The van der Waals surface area contributed by atoms with Crippen molar-refractivity contribution in [1.82, 2.24) is 0 Å². The number of hydrogen-bond acceptors (Lipinski definition) is 0. The second-order valence-corrected chi connectivity index (χ2v) is 4.17. The van der Waals surface area contributed by atoms with E-state index in [-0.39, 0.29) is 12.4 Å². The molecule has 0 aromatic carbocycles. The molecule has 0 rings (SSSR count). The predicted octanol–water partition coefficient (Wildman–Crippen LogP) is -0.167. The number of unbranched alkanes of at least 4 members (excludes halogenated alkanes) is 2. The molecule has 13 heavy (non-hydrogen) atoms. The number of rotatable bonds is 7. The van der Waals surface area contributed by atoms with Crippen molar-refractivity contribution >= 4 is 0 Å². The van der Waals surface area contributed by atoms with Gasteiger partial charge in [0.2, 0.25) is 0 Å². The Hall–Kier alpha value is -0.0100. The molecule has 0 atom stereocenters. The van der Waals surface area contributed by atoms with Gasteiger partial charge in [0, 0.05) is 6.42 Å². The van der Waals surface area contributed by atoms with Gasteiger partial charge in [0.15, 0.2) is 0 Å². The molecule has 0 aromatic rings. The van der Waals surface area contributed by atoms with Crippen LogP contribution in [0.5, 0.6) is 0 Å². The first-order valence-corrected chi connectivity index (χ1v) is 5.05. The van der Waals surface area contributed by atoms with Gasteiger partial charge in [0.25, 0.3) is 0 Å². The number of halogens is 1. The van der Waals surface area contributed by atoms with Gasteiger partial charge in [-0.2, -0.15) is 0 Å². The lowest BCUT2D eigenvalue weighted by molar-refractivity contribution is -0.890. The van der Waals surface area contributed by atoms with Crippen molar-refractivity contribution < 1.29 is 16.9 Å². The first-order valence-electron chi connectivity index (χ1n) is 5.05. The largest absolute Gasteiger partial charge is 1.00 e. The van der Waals surface area contributed by atoms with Crippen LogP contribution in [-0.2, 0) is 0 Å². The molecule has 0 N–H and O–H groups in total. The third-order valence-electron chi connectivity index (χ3n) is 2.31. The van der Waals surface area contributed by atoms with Crippen LogP contribution in [0.3, 0.4) is 0 Å². The lowest BCUT2D eigenvalue weighted by Crippen LogP contribution is -3.00. The van der Waals surface area contributed by atoms with Gasteiger partial charge in [-0.3, -0.25) is 0 Å². The number of hydrogen-bond donors (Lipinski definition) is 0. The maximum atomic E-state index is 3.75. The zero-order chi connectivity index (χ0) is 9.45. The van der Waals surface area contributed by atoms with E-state index in [1.165, 1.54) is 32.4 Å². The highest BCUT2D eigenvalue weighted by Gasteiger charge is 2.11. The molecule has 0 bridgehead atoms. The zero-order valence-electron chi connectivity index (χ0n) is 9.35. The lowest BCUT2D eigenvalue weighted by Gasteiger charge is -2.29. The Bertz CT molecular complexity index is 121. The molecule has 0 saturated heterocycles. The SMILES string of the molecule is C=CCC[N+](C)(C)CCCCC.[Cl-]. The van der Waals surface area contributed by atoms with Gasteiger partial charge < -0.3 is 16.9 Å². The van der Waals surface area contributed by atoms with Crippen LogP contribution in [0.25, 0.3) is 0 Å². The molecule has 1 nitrogen and oxygen atoms in total. The van der Waals surface area contributed by atoms with Gasteiger partial charge in [0.1, 0.15) is 0 Å². The third kappa shape index (κ3) is 9.91. The molecule has 0 aliphatic heterocycles. The van der Waals surface area contributed by atoms with Gasteiger partial charge in [-0.25, -0.2) is 0 Å². The average molecular weight is 206 g/mol. The number of quaternary nitrogens is 1. The Morgan fingerprint density at radius 2 is 1.77 bits per heavy atom. The topological polar surface area (TPSA) is 0 Å². The molecule has 0 heterocycles. The Morgan fingerprint density at radius 1 is 1.15 bits per heavy atom. The fraction of sp³-hybridized carbons (Fsp3) is 0.818. The summed E-state index contributed by atoms with van der Waals surface area (Å²) in [4.78, 5) is 0. The van der Waals surface area contributed by atoms with E-state index in [4.69, 9.17) is 0 Å². The number of nitrogens with zero attached hydrogens (tertiary/aromatic N) is 1. The van der Waals surface area contributed by atoms with Crippen molar-refractivity contribution in [1.29, 1.82) is 0 Å². The van der Waals surface area contributed by atoms with Gasteiger partial charge >= 0.3 is 0 Å². The highest BCUT2D eigenvalue weighted by atomic mass is 35.5. The predicted molar refractivity (Wildman–Crippen MR) is 56.2 cm³/mol. The van der Waals surface area contributed by atoms with Gasteiger partial charge in [-0.05, 0) is 12.8 Å². The molecule has 0 saturated carbocycles. The summed E-state index contributed by atoms with van der Waals surface area (Å²) in [5.74, 6) is 0. The lowest BCUT2D eigenvalue weighted by atomic mass is 10.2. The fourth-order valence-corrected chi connectivity index (χ4v) is 1.34. The Balaban J connectivity index is 0. The summed E-state index contributed by atoms with van der Waals surface area (Å²) in [6.45, 7) is 8.54. The van der Waals surface area contributed by atoms with Gasteiger partial charge in [-0.1, -0.05) is 19.4 Å². The minimum atomic E-state index is 0. The summed E-state index contributed by atoms with van der Waals surface area (Å²) in [5, 5.41) is 0. The smallest absolute Gasteiger partial charge is 0.0817 e. The van der Waals surface area contributed by atoms with E-state index >= 15 is 0 Å². The maximum Gasteiger partial charge on any atom is 0.0817 e. The fourth-order valence-electron chi connectivity index (χ4n) is 1.34. The monoisotopic (exact) mass is 205 g/mol. The first-order chi connectivity index (χ1) is 5.62. The summed E-state index contributed by atoms with van der Waals surface area (Å²) in [6.07, 6.45) is 7.21. The molecular formula is C11H24ClN. The van der Waals surface area contributed by atoms with Crippen molar-refractivity contribution in [2.24, 2.45) is 0 Å². The molecule has 80 valence electrons. The second kappa shape index (κ2) is 8.58. The van der Waals surface area contributed by atoms with Crippen LogP contribution in [0, 0.1) is 0 Å². The van der Waals surface area contributed by atoms with Crippen LogP contribution < -0.4 is 12.4 Å². The quantitative estimate of drug-likeness (QED) is 0.308. The minimum absolute atomic E-state index is 0. The Morgan fingerprint density at radius 3 is 2.23 bits per heavy atom. The maximum absolute atomic E-state index is 3.75. The van der Waals surface area contributed by atoms with Crippen LogP contribution in [-0.4, -0.2) is 31.7 Å². The highest BCUT2D eigenvalue weighted by Crippen LogP contribution is 2.04. The standard InChI is InChI=1S/C11H24N.ClH/c1-5-7-9-11-12(3,4)10-8-6-2;/h6H,2,5,7-11H2,1,3-4H3;1H/q+1;/p-1. The van der Waals surface area contributed by atoms with Crippen molar-refractivity contribution in [3.8, 4) is 0 Å². The second-order valence-electron chi connectivity index (χ2n) is 4.17. The van der Waals surface area contributed by atoms with E-state index in [2.05, 4.69) is 27.6 Å². The van der Waals surface area contributed by atoms with E-state index in [0.717, 1.165) is 10.9 Å². The third-order valence-corrected chi connectivity index (χ3v) is 2.31. The van der Waals surface area contributed by atoms with E-state index in [1.54, 1.807) is 0 Å². The van der Waals surface area contributed by atoms with Crippen LogP contribution in [0.1, 0.15) is 32.6 Å². The highest BCUT2D eigenvalue weighted by molar-refractivity contribution is 4.64. The molecule has 0 aliphatic carbocycles. The van der Waals surface area contributed by atoms with E-state index in [9.17, 15) is 0 Å². The molecular weight excluding hydrogens is 182 g/mol. The molecule has 2 heteroatoms. The summed E-state index contributed by atoms with van der Waals surface area (Å²) in [5.41, 5.74) is 0. The molecule has 0 spiro atoms. The Labute approximate surface area is 89.8 Å². The van der Waals surface area contributed by atoms with Crippen LogP contribution in [0.4, 0.5) is 0 Å². The summed E-state index contributed by atoms with van der Waals surface area (Å²) in [7, 11) is 4.61. The minimum Gasteiger partial charge on any atom is -1.00 e. The van der Waals surface area contributed by atoms with Crippen LogP contribution in [0.2, 0.25) is 0 Å². The van der Waals surface area contributed by atoms with E-state index in [0.29, 0.717) is 0 Å². The van der Waals surface area contributed by atoms with Gasteiger partial charge in [-0.15, -0.1) is 6.58 Å².